The Morgan fingerprint density at radius 2 is 2.10 bits per heavy atom. The molecule has 1 aromatic heterocycles. The van der Waals surface area contributed by atoms with E-state index in [2.05, 4.69) is 21.7 Å². The second-order valence-electron chi connectivity index (χ2n) is 5.10. The van der Waals surface area contributed by atoms with Gasteiger partial charge in [-0.2, -0.15) is 0 Å². The van der Waals surface area contributed by atoms with Crippen molar-refractivity contribution in [2.24, 2.45) is 0 Å². The predicted molar refractivity (Wildman–Crippen MR) is 72.9 cm³/mol. The first-order valence-corrected chi connectivity index (χ1v) is 6.86. The van der Waals surface area contributed by atoms with Gasteiger partial charge in [-0.25, -0.2) is 4.39 Å². The minimum absolute atomic E-state index is 0.150. The van der Waals surface area contributed by atoms with E-state index in [9.17, 15) is 9.18 Å². The van der Waals surface area contributed by atoms with Crippen LogP contribution in [0.15, 0.2) is 18.3 Å². The first-order chi connectivity index (χ1) is 9.56. The van der Waals surface area contributed by atoms with Crippen LogP contribution in [0.5, 0.6) is 0 Å². The van der Waals surface area contributed by atoms with Crippen molar-refractivity contribution in [3.05, 3.63) is 29.8 Å². The number of halogens is 1. The summed E-state index contributed by atoms with van der Waals surface area (Å²) >= 11 is 0. The maximum atomic E-state index is 12.9. The number of rotatable bonds is 5. The van der Waals surface area contributed by atoms with Gasteiger partial charge in [-0.05, 0) is 19.1 Å². The highest BCUT2D eigenvalue weighted by Gasteiger charge is 2.22. The van der Waals surface area contributed by atoms with Gasteiger partial charge >= 0.3 is 5.97 Å². The van der Waals surface area contributed by atoms with Crippen molar-refractivity contribution < 1.29 is 14.3 Å². The van der Waals surface area contributed by atoms with Crippen molar-refractivity contribution in [3.63, 3.8) is 0 Å². The third-order valence-corrected chi connectivity index (χ3v) is 3.77. The molecule has 1 atom stereocenters. The van der Waals surface area contributed by atoms with Gasteiger partial charge in [0.1, 0.15) is 5.82 Å². The van der Waals surface area contributed by atoms with E-state index in [0.717, 1.165) is 31.9 Å². The molecule has 5 nitrogen and oxygen atoms in total. The quantitative estimate of drug-likeness (QED) is 0.883. The number of carbonyl (C=O) groups is 1. The molecule has 20 heavy (non-hydrogen) atoms. The summed E-state index contributed by atoms with van der Waals surface area (Å²) in [5.74, 6) is -1.07. The fourth-order valence-corrected chi connectivity index (χ4v) is 2.45. The summed E-state index contributed by atoms with van der Waals surface area (Å²) in [4.78, 5) is 19.1. The smallest absolute Gasteiger partial charge is 0.304 e. The third-order valence-electron chi connectivity index (χ3n) is 3.77. The van der Waals surface area contributed by atoms with Crippen LogP contribution in [-0.2, 0) is 4.79 Å². The Balaban J connectivity index is 1.83. The molecule has 0 aromatic carbocycles. The fourth-order valence-electron chi connectivity index (χ4n) is 2.45. The van der Waals surface area contributed by atoms with Crippen LogP contribution in [0.1, 0.15) is 25.1 Å². The summed E-state index contributed by atoms with van der Waals surface area (Å²) in [5.41, 5.74) is 0.866. The summed E-state index contributed by atoms with van der Waals surface area (Å²) in [5, 5.41) is 8.68. The Bertz CT molecular complexity index is 444. The van der Waals surface area contributed by atoms with Crippen LogP contribution in [0.25, 0.3) is 0 Å². The predicted octanol–water partition coefficient (Wildman–Crippen LogP) is 1.37. The maximum Gasteiger partial charge on any atom is 0.304 e. The summed E-state index contributed by atoms with van der Waals surface area (Å²) < 4.78 is 12.9. The third kappa shape index (κ3) is 3.98. The number of hydrogen-bond acceptors (Lipinski definition) is 4. The van der Waals surface area contributed by atoms with E-state index >= 15 is 0 Å². The maximum absolute atomic E-state index is 12.9. The lowest BCUT2D eigenvalue weighted by Crippen LogP contribution is -2.47. The Kier molecular flexibility index (Phi) is 5.03. The summed E-state index contributed by atoms with van der Waals surface area (Å²) in [6.07, 6.45) is 1.43. The number of carboxylic acids is 1. The van der Waals surface area contributed by atoms with E-state index in [1.165, 1.54) is 12.3 Å². The molecular weight excluding hydrogens is 261 g/mol. The van der Waals surface area contributed by atoms with E-state index in [4.69, 9.17) is 5.11 Å². The van der Waals surface area contributed by atoms with Crippen molar-refractivity contribution in [2.45, 2.75) is 19.4 Å². The van der Waals surface area contributed by atoms with E-state index < -0.39 is 5.97 Å². The molecule has 2 heterocycles. The van der Waals surface area contributed by atoms with E-state index in [0.29, 0.717) is 6.54 Å². The van der Waals surface area contributed by atoms with E-state index in [1.807, 2.05) is 0 Å². The molecule has 1 unspecified atom stereocenters. The Morgan fingerprint density at radius 3 is 2.65 bits per heavy atom. The molecule has 0 aliphatic carbocycles. The molecule has 1 fully saturated rings. The monoisotopic (exact) mass is 281 g/mol. The zero-order valence-electron chi connectivity index (χ0n) is 11.6. The highest BCUT2D eigenvalue weighted by Crippen LogP contribution is 2.19. The fraction of sp³-hybridized carbons (Fsp3) is 0.571. The van der Waals surface area contributed by atoms with E-state index in [1.54, 1.807) is 6.07 Å². The topological polar surface area (TPSA) is 56.7 Å². The lowest BCUT2D eigenvalue weighted by molar-refractivity contribution is -0.137. The molecule has 0 bridgehead atoms. The molecule has 0 spiro atoms. The zero-order chi connectivity index (χ0) is 14.5. The van der Waals surface area contributed by atoms with Crippen LogP contribution < -0.4 is 0 Å². The van der Waals surface area contributed by atoms with Crippen molar-refractivity contribution in [1.29, 1.82) is 0 Å². The molecule has 1 aliphatic rings. The van der Waals surface area contributed by atoms with Gasteiger partial charge in [-0.3, -0.25) is 14.7 Å². The minimum Gasteiger partial charge on any atom is -0.481 e. The van der Waals surface area contributed by atoms with Gasteiger partial charge in [0.25, 0.3) is 0 Å². The molecule has 1 saturated heterocycles. The highest BCUT2D eigenvalue weighted by molar-refractivity contribution is 5.66. The van der Waals surface area contributed by atoms with Gasteiger partial charge in [0.15, 0.2) is 0 Å². The molecular formula is C14H20FN3O2. The van der Waals surface area contributed by atoms with Gasteiger partial charge in [-0.1, -0.05) is 0 Å². The van der Waals surface area contributed by atoms with Crippen LogP contribution in [0.4, 0.5) is 4.39 Å². The summed E-state index contributed by atoms with van der Waals surface area (Å²) in [6.45, 7) is 6.14. The summed E-state index contributed by atoms with van der Waals surface area (Å²) in [6, 6.07) is 3.30. The van der Waals surface area contributed by atoms with Crippen LogP contribution in [0, 0.1) is 5.82 Å². The first kappa shape index (κ1) is 14.9. The van der Waals surface area contributed by atoms with Crippen LogP contribution >= 0.6 is 0 Å². The summed E-state index contributed by atoms with van der Waals surface area (Å²) in [7, 11) is 0. The number of carboxylic acid groups (broad SMARTS) is 1. The molecule has 1 N–H and O–H groups in total. The molecule has 0 amide bonds. The van der Waals surface area contributed by atoms with Crippen LogP contribution in [-0.4, -0.2) is 58.6 Å². The number of hydrogen-bond donors (Lipinski definition) is 1. The zero-order valence-corrected chi connectivity index (χ0v) is 11.6. The molecule has 110 valence electrons. The van der Waals surface area contributed by atoms with Gasteiger partial charge in [0.05, 0.1) is 18.3 Å². The Morgan fingerprint density at radius 1 is 1.40 bits per heavy atom. The van der Waals surface area contributed by atoms with Gasteiger partial charge in [0, 0.05) is 38.8 Å². The molecule has 1 aliphatic heterocycles. The van der Waals surface area contributed by atoms with E-state index in [-0.39, 0.29) is 18.3 Å². The SMILES string of the molecule is CC(c1ccc(F)cn1)N1CCN(CCC(=O)O)CC1. The number of piperazine rings is 1. The van der Waals surface area contributed by atoms with Crippen LogP contribution in [0.2, 0.25) is 0 Å². The first-order valence-electron chi connectivity index (χ1n) is 6.86. The number of aliphatic carboxylic acids is 1. The molecule has 6 heteroatoms. The standard InChI is InChI=1S/C14H20FN3O2/c1-11(13-3-2-12(15)10-16-13)18-8-6-17(7-9-18)5-4-14(19)20/h2-3,10-11H,4-9H2,1H3,(H,19,20). The lowest BCUT2D eigenvalue weighted by Gasteiger charge is -2.37. The Hall–Kier alpha value is -1.53. The molecule has 0 saturated carbocycles. The number of aromatic nitrogens is 1. The molecule has 2 rings (SSSR count). The van der Waals surface area contributed by atoms with Crippen molar-refractivity contribution in [1.82, 2.24) is 14.8 Å². The second kappa shape index (κ2) is 6.76. The highest BCUT2D eigenvalue weighted by atomic mass is 19.1. The minimum atomic E-state index is -0.753. The van der Waals surface area contributed by atoms with Crippen molar-refractivity contribution >= 4 is 5.97 Å². The normalized spacial score (nSPS) is 18.9. The number of pyridine rings is 1. The van der Waals surface area contributed by atoms with Crippen molar-refractivity contribution in [2.75, 3.05) is 32.7 Å². The largest absolute Gasteiger partial charge is 0.481 e. The van der Waals surface area contributed by atoms with Crippen LogP contribution in [0.3, 0.4) is 0 Å². The number of nitrogens with zero attached hydrogens (tertiary/aromatic N) is 3. The average molecular weight is 281 g/mol. The van der Waals surface area contributed by atoms with Gasteiger partial charge in [0.2, 0.25) is 0 Å². The van der Waals surface area contributed by atoms with Gasteiger partial charge in [-0.15, -0.1) is 0 Å². The second-order valence-corrected chi connectivity index (χ2v) is 5.10. The molecule has 0 radical (unpaired) electrons. The molecule has 1 aromatic rings. The lowest BCUT2D eigenvalue weighted by atomic mass is 10.1. The van der Waals surface area contributed by atoms with Crippen molar-refractivity contribution in [3.8, 4) is 0 Å². The average Bonchev–Trinajstić information content (AvgIpc) is 2.46. The van der Waals surface area contributed by atoms with Gasteiger partial charge < -0.3 is 10.0 Å². The Labute approximate surface area is 118 Å².